The van der Waals surface area contributed by atoms with E-state index < -0.39 is 40.6 Å². The number of nitrogens with zero attached hydrogens (tertiary/aromatic N) is 4. The number of carbonyl (C=O) groups is 4. The van der Waals surface area contributed by atoms with Crippen LogP contribution in [0.5, 0.6) is 0 Å². The lowest BCUT2D eigenvalue weighted by molar-refractivity contribution is 0.0695. The topological polar surface area (TPSA) is 232 Å². The number of carboxylic acid groups (broad SMARTS) is 1. The Morgan fingerprint density at radius 2 is 1.68 bits per heavy atom. The molecular weight excluding hydrogens is 608 g/mol. The Morgan fingerprint density at radius 3 is 2.36 bits per heavy atom. The van der Waals surface area contributed by atoms with Gasteiger partial charge in [0.25, 0.3) is 28.6 Å². The van der Waals surface area contributed by atoms with Crippen LogP contribution in [0.4, 0.5) is 11.4 Å². The van der Waals surface area contributed by atoms with Gasteiger partial charge in [-0.3, -0.25) is 28.4 Å². The normalized spacial score (nSPS) is 13.3. The molecule has 0 fully saturated rings. The minimum atomic E-state index is -1.08. The molecule has 0 spiro atoms. The van der Waals surface area contributed by atoms with E-state index in [0.29, 0.717) is 25.1 Å². The van der Waals surface area contributed by atoms with Gasteiger partial charge < -0.3 is 32.1 Å². The van der Waals surface area contributed by atoms with Gasteiger partial charge in [0.2, 0.25) is 5.78 Å². The van der Waals surface area contributed by atoms with E-state index in [2.05, 4.69) is 20.6 Å². The van der Waals surface area contributed by atoms with Crippen LogP contribution in [0.25, 0.3) is 5.78 Å². The number of anilines is 2. The van der Waals surface area contributed by atoms with E-state index in [1.165, 1.54) is 28.8 Å². The summed E-state index contributed by atoms with van der Waals surface area (Å²) < 4.78 is 1.26. The van der Waals surface area contributed by atoms with Crippen LogP contribution in [0.1, 0.15) is 77.0 Å². The number of aromatic carboxylic acids is 1. The molecule has 1 atom stereocenters. The number of benzene rings is 2. The third-order valence-corrected chi connectivity index (χ3v) is 8.14. The smallest absolute Gasteiger partial charge is 0.335 e. The fourth-order valence-electron chi connectivity index (χ4n) is 5.54. The molecule has 3 heterocycles. The van der Waals surface area contributed by atoms with E-state index >= 15 is 0 Å². The zero-order valence-corrected chi connectivity index (χ0v) is 24.9. The summed E-state index contributed by atoms with van der Waals surface area (Å²) in [6.07, 6.45) is 1.91. The van der Waals surface area contributed by atoms with Crippen molar-refractivity contribution in [3.8, 4) is 0 Å². The Morgan fingerprint density at radius 1 is 0.957 bits per heavy atom. The third kappa shape index (κ3) is 5.77. The average Bonchev–Trinajstić information content (AvgIpc) is 3.51. The highest BCUT2D eigenvalue weighted by Gasteiger charge is 2.27. The number of carbonyl (C=O) groups excluding carboxylic acids is 3. The van der Waals surface area contributed by atoms with Crippen molar-refractivity contribution in [1.29, 1.82) is 0 Å². The first-order chi connectivity index (χ1) is 22.4. The lowest BCUT2D eigenvalue weighted by Gasteiger charge is -2.32. The summed E-state index contributed by atoms with van der Waals surface area (Å²) in [4.78, 5) is 83.6. The molecular formula is C32H28N8O7. The van der Waals surface area contributed by atoms with Crippen molar-refractivity contribution in [2.75, 3.05) is 17.2 Å². The number of hydrogen-bond acceptors (Lipinski definition) is 10. The van der Waals surface area contributed by atoms with Crippen LogP contribution in [0.2, 0.25) is 0 Å². The number of fused-ring (bicyclic) bond motifs is 2. The van der Waals surface area contributed by atoms with Crippen molar-refractivity contribution >= 4 is 40.8 Å². The number of rotatable bonds is 9. The Kier molecular flexibility index (Phi) is 7.72. The molecule has 0 radical (unpaired) electrons. The van der Waals surface area contributed by atoms with Gasteiger partial charge in [0.1, 0.15) is 28.5 Å². The van der Waals surface area contributed by atoms with Gasteiger partial charge in [-0.1, -0.05) is 30.3 Å². The molecule has 1 aliphatic heterocycles. The van der Waals surface area contributed by atoms with Crippen LogP contribution in [0.3, 0.4) is 0 Å². The van der Waals surface area contributed by atoms with Crippen molar-refractivity contribution in [3.63, 3.8) is 0 Å². The van der Waals surface area contributed by atoms with Crippen molar-refractivity contribution < 1.29 is 24.3 Å². The largest absolute Gasteiger partial charge is 0.478 e. The van der Waals surface area contributed by atoms with Crippen molar-refractivity contribution in [2.45, 2.75) is 32.5 Å². The number of carboxylic acids is 1. The molecule has 3 amide bonds. The number of primary amides is 1. The standard InChI is InChI=1S/C32H28N8O7/c1-15(17-4-6-19(7-5-17)31(46)47)36-29(44)21-11-23(40-14-22(28(34)43)38-32(40)37-21)30(45)35-12-16-2-3-18-8-9-39(13-20(18)10-16)25-24(33)26(41)27(25)42/h2-7,10-11,14-15H,8-9,12-13,33H2,1H3,(H2,34,43)(H,35,45)(H,36,44)(H,46,47)/t15-/m0/s1. The van der Waals surface area contributed by atoms with Gasteiger partial charge in [0.15, 0.2) is 0 Å². The fourth-order valence-corrected chi connectivity index (χ4v) is 5.54. The molecule has 0 aliphatic carbocycles. The first kappa shape index (κ1) is 30.6. The molecule has 238 valence electrons. The van der Waals surface area contributed by atoms with Gasteiger partial charge in [-0.25, -0.2) is 14.8 Å². The Labute approximate surface area is 265 Å². The second-order valence-corrected chi connectivity index (χ2v) is 11.2. The van der Waals surface area contributed by atoms with E-state index in [1.807, 2.05) is 18.2 Å². The molecule has 0 unspecified atom stereocenters. The van der Waals surface area contributed by atoms with Gasteiger partial charge in [0, 0.05) is 25.8 Å². The molecule has 7 N–H and O–H groups in total. The van der Waals surface area contributed by atoms with Gasteiger partial charge in [-0.2, -0.15) is 0 Å². The van der Waals surface area contributed by atoms with E-state index in [1.54, 1.807) is 24.0 Å². The summed E-state index contributed by atoms with van der Waals surface area (Å²) in [6, 6.07) is 12.4. The summed E-state index contributed by atoms with van der Waals surface area (Å²) in [5, 5.41) is 14.7. The number of aromatic nitrogens is 3. The zero-order chi connectivity index (χ0) is 33.6. The van der Waals surface area contributed by atoms with Crippen LogP contribution in [-0.2, 0) is 19.5 Å². The minimum absolute atomic E-state index is 0.0265. The lowest BCUT2D eigenvalue weighted by Crippen LogP contribution is -2.44. The van der Waals surface area contributed by atoms with Gasteiger partial charge in [0.05, 0.1) is 11.6 Å². The van der Waals surface area contributed by atoms with E-state index in [0.717, 1.165) is 16.7 Å². The average molecular weight is 637 g/mol. The molecule has 47 heavy (non-hydrogen) atoms. The molecule has 0 saturated heterocycles. The molecule has 0 bridgehead atoms. The predicted molar refractivity (Wildman–Crippen MR) is 169 cm³/mol. The Balaban J connectivity index is 1.21. The van der Waals surface area contributed by atoms with Crippen LogP contribution < -0.4 is 37.9 Å². The Hall–Kier alpha value is -6.38. The highest BCUT2D eigenvalue weighted by Crippen LogP contribution is 2.26. The van der Waals surface area contributed by atoms with Crippen LogP contribution in [0.15, 0.2) is 64.3 Å². The first-order valence-electron chi connectivity index (χ1n) is 14.5. The third-order valence-electron chi connectivity index (χ3n) is 8.14. The molecule has 2 aromatic heterocycles. The summed E-state index contributed by atoms with van der Waals surface area (Å²) >= 11 is 0. The molecule has 1 aliphatic rings. The maximum atomic E-state index is 13.5. The highest BCUT2D eigenvalue weighted by atomic mass is 16.4. The van der Waals surface area contributed by atoms with Gasteiger partial charge >= 0.3 is 5.97 Å². The summed E-state index contributed by atoms with van der Waals surface area (Å²) in [6.45, 7) is 2.72. The number of hydrogen-bond donors (Lipinski definition) is 5. The summed E-state index contributed by atoms with van der Waals surface area (Å²) in [5.41, 5.74) is 13.3. The summed E-state index contributed by atoms with van der Waals surface area (Å²) in [5.74, 6) is -3.25. The quantitative estimate of drug-likeness (QED) is 0.141. The number of nitrogens with one attached hydrogen (secondary N) is 2. The van der Waals surface area contributed by atoms with Crippen LogP contribution in [-0.4, -0.2) is 49.7 Å². The van der Waals surface area contributed by atoms with Gasteiger partial charge in [-0.15, -0.1) is 0 Å². The molecule has 0 saturated carbocycles. The molecule has 5 aromatic rings. The fraction of sp³-hybridized carbons (Fsp3) is 0.188. The predicted octanol–water partition coefficient (Wildman–Crippen LogP) is 0.688. The Bertz CT molecular complexity index is 2180. The number of amides is 3. The van der Waals surface area contributed by atoms with Crippen LogP contribution >= 0.6 is 0 Å². The van der Waals surface area contributed by atoms with Crippen LogP contribution in [0, 0.1) is 0 Å². The number of imidazole rings is 1. The van der Waals surface area contributed by atoms with Crippen molar-refractivity contribution in [1.82, 2.24) is 25.0 Å². The van der Waals surface area contributed by atoms with Crippen molar-refractivity contribution in [3.05, 3.63) is 120 Å². The molecule has 6 rings (SSSR count). The van der Waals surface area contributed by atoms with Gasteiger partial charge in [-0.05, 0) is 53.8 Å². The molecule has 15 nitrogen and oxygen atoms in total. The summed E-state index contributed by atoms with van der Waals surface area (Å²) in [7, 11) is 0. The SMILES string of the molecule is C[C@H](NC(=O)c1cc(C(=O)NCc2ccc3c(c2)CN(c2c(N)c(=O)c2=O)CC3)n2cc(C(N)=O)nc2n1)c1ccc(C(=O)O)cc1. The maximum absolute atomic E-state index is 13.5. The highest BCUT2D eigenvalue weighted by molar-refractivity contribution is 5.99. The van der Waals surface area contributed by atoms with E-state index in [4.69, 9.17) is 16.6 Å². The monoisotopic (exact) mass is 636 g/mol. The minimum Gasteiger partial charge on any atom is -0.478 e. The van der Waals surface area contributed by atoms with Crippen molar-refractivity contribution in [2.24, 2.45) is 5.73 Å². The second kappa shape index (κ2) is 11.8. The lowest BCUT2D eigenvalue weighted by atomic mass is 9.96. The van der Waals surface area contributed by atoms with E-state index in [-0.39, 0.29) is 46.3 Å². The molecule has 3 aromatic carbocycles. The molecule has 15 heteroatoms. The maximum Gasteiger partial charge on any atom is 0.335 e. The number of nitrogens with two attached hydrogens (primary N) is 2. The second-order valence-electron chi connectivity index (χ2n) is 11.2. The van der Waals surface area contributed by atoms with E-state index in [9.17, 15) is 28.8 Å². The number of nitrogen functional groups attached to an aromatic ring is 1. The first-order valence-corrected chi connectivity index (χ1v) is 14.5. The zero-order valence-electron chi connectivity index (χ0n) is 24.9.